The minimum Gasteiger partial charge on any atom is -0.494 e. The monoisotopic (exact) mass is 427 g/mol. The summed E-state index contributed by atoms with van der Waals surface area (Å²) in [5, 5.41) is 0. The molecule has 1 radical (unpaired) electrons. The molecule has 0 saturated heterocycles. The largest absolute Gasteiger partial charge is 0.494 e. The number of halogens is 2. The first-order valence-corrected chi connectivity index (χ1v) is 7.11. The molecule has 1 aromatic heterocycles. The first-order chi connectivity index (χ1) is 9.58. The van der Waals surface area contributed by atoms with Gasteiger partial charge < -0.3 is 9.30 Å². The zero-order valence-corrected chi connectivity index (χ0v) is 16.2. The summed E-state index contributed by atoms with van der Waals surface area (Å²) in [6, 6.07) is 9.06. The maximum Gasteiger partial charge on any atom is 0.208 e. The third-order valence-corrected chi connectivity index (χ3v) is 3.45. The Hall–Kier alpha value is -0.516. The molecule has 109 valence electrons. The van der Waals surface area contributed by atoms with Gasteiger partial charge in [0, 0.05) is 45.3 Å². The molecular weight excluding hydrogens is 414 g/mol. The summed E-state index contributed by atoms with van der Waals surface area (Å²) in [6.45, 7) is 4.58. The molecule has 2 rings (SSSR count). The third kappa shape index (κ3) is 4.02. The van der Waals surface area contributed by atoms with Gasteiger partial charge in [-0.2, -0.15) is 12.1 Å². The van der Waals surface area contributed by atoms with E-state index in [0.29, 0.717) is 34.6 Å². The van der Waals surface area contributed by atoms with E-state index in [1.807, 2.05) is 13.8 Å². The number of hydrogen-bond donors (Lipinski definition) is 0. The van der Waals surface area contributed by atoms with Crippen LogP contribution in [-0.4, -0.2) is 11.2 Å². The summed E-state index contributed by atoms with van der Waals surface area (Å²) in [6.07, 6.45) is 0. The van der Waals surface area contributed by atoms with E-state index in [9.17, 15) is 9.18 Å². The molecule has 0 N–H and O–H groups in total. The molecule has 0 saturated carbocycles. The minimum atomic E-state index is -0.434. The second kappa shape index (κ2) is 8.20. The Balaban J connectivity index is 0.00000220. The van der Waals surface area contributed by atoms with Gasteiger partial charge in [0.1, 0.15) is 5.75 Å². The summed E-state index contributed by atoms with van der Waals surface area (Å²) >= 11 is 3.17. The van der Waals surface area contributed by atoms with Crippen LogP contribution in [0.1, 0.15) is 13.8 Å². The van der Waals surface area contributed by atoms with Crippen LogP contribution in [0.4, 0.5) is 4.39 Å². The molecule has 0 aliphatic rings. The van der Waals surface area contributed by atoms with E-state index in [1.54, 1.807) is 12.1 Å². The van der Waals surface area contributed by atoms with Gasteiger partial charge in [0.2, 0.25) is 5.56 Å². The third-order valence-electron chi connectivity index (χ3n) is 2.88. The van der Waals surface area contributed by atoms with Gasteiger partial charge in [-0.15, -0.1) is 22.0 Å². The molecule has 1 aromatic carbocycles. The number of benzene rings is 1. The van der Waals surface area contributed by atoms with Crippen molar-refractivity contribution in [2.75, 3.05) is 6.61 Å². The molecule has 0 fully saturated rings. The molecule has 0 unspecified atom stereocenters. The van der Waals surface area contributed by atoms with E-state index in [1.165, 1.54) is 16.7 Å². The van der Waals surface area contributed by atoms with Crippen LogP contribution >= 0.6 is 15.9 Å². The molecule has 0 aliphatic heterocycles. The molecule has 3 nitrogen and oxygen atoms in total. The van der Waals surface area contributed by atoms with Crippen LogP contribution in [0.3, 0.4) is 0 Å². The summed E-state index contributed by atoms with van der Waals surface area (Å²) in [4.78, 5) is 12.0. The van der Waals surface area contributed by atoms with Gasteiger partial charge in [-0.05, 0) is 24.4 Å². The molecule has 21 heavy (non-hydrogen) atoms. The second-order valence-corrected chi connectivity index (χ2v) is 4.96. The zero-order chi connectivity index (χ0) is 14.7. The molecule has 0 bridgehead atoms. The fraction of sp³-hybridized carbons (Fsp3) is 0.267. The van der Waals surface area contributed by atoms with Crippen molar-refractivity contribution in [3.63, 3.8) is 0 Å². The summed E-state index contributed by atoms with van der Waals surface area (Å²) in [7, 11) is 0. The van der Waals surface area contributed by atoms with E-state index in [2.05, 4.69) is 22.0 Å². The van der Waals surface area contributed by atoms with Gasteiger partial charge in [0.25, 0.3) is 0 Å². The Labute approximate surface area is 156 Å². The van der Waals surface area contributed by atoms with Crippen LogP contribution in [0.15, 0.2) is 33.5 Å². The Morgan fingerprint density at radius 1 is 1.38 bits per heavy atom. The molecule has 0 aliphatic carbocycles. The molecule has 0 atom stereocenters. The van der Waals surface area contributed by atoms with E-state index in [4.69, 9.17) is 4.74 Å². The Morgan fingerprint density at radius 2 is 2.10 bits per heavy atom. The Bertz CT molecular complexity index is 688. The summed E-state index contributed by atoms with van der Waals surface area (Å²) in [5.74, 6) is 0.0346. The maximum atomic E-state index is 14.2. The Morgan fingerprint density at radius 3 is 2.67 bits per heavy atom. The van der Waals surface area contributed by atoms with E-state index >= 15 is 0 Å². The number of pyridine rings is 1. The van der Waals surface area contributed by atoms with E-state index in [-0.39, 0.29) is 38.3 Å². The van der Waals surface area contributed by atoms with Crippen LogP contribution < -0.4 is 10.3 Å². The molecule has 1 heterocycles. The van der Waals surface area contributed by atoms with Crippen LogP contribution in [0.2, 0.25) is 0 Å². The van der Waals surface area contributed by atoms with E-state index in [0.717, 1.165) is 0 Å². The molecule has 0 amide bonds. The number of rotatable bonds is 4. The van der Waals surface area contributed by atoms with Crippen LogP contribution in [0.25, 0.3) is 11.3 Å². The standard InChI is InChI=1S/C15H14BrFNO2.Y/c1-3-18-14(8-7-12(16)15(18)19)11-6-5-10(20-4-2)9-13(11)17;/h5-7,9H,3-4H2,1-2H3;/q-1;. The van der Waals surface area contributed by atoms with Crippen molar-refractivity contribution in [2.45, 2.75) is 20.4 Å². The van der Waals surface area contributed by atoms with Crippen LogP contribution in [-0.2, 0) is 39.3 Å². The minimum absolute atomic E-state index is 0. The predicted molar refractivity (Wildman–Crippen MR) is 79.5 cm³/mol. The number of aromatic nitrogens is 1. The fourth-order valence-corrected chi connectivity index (χ4v) is 2.30. The first-order valence-electron chi connectivity index (χ1n) is 6.32. The van der Waals surface area contributed by atoms with Gasteiger partial charge in [-0.25, -0.2) is 4.39 Å². The Kier molecular flexibility index (Phi) is 7.24. The van der Waals surface area contributed by atoms with Crippen molar-refractivity contribution in [3.8, 4) is 17.0 Å². The predicted octanol–water partition coefficient (Wildman–Crippen LogP) is 3.63. The topological polar surface area (TPSA) is 31.2 Å². The summed E-state index contributed by atoms with van der Waals surface area (Å²) in [5.41, 5.74) is 0.565. The first kappa shape index (κ1) is 18.5. The SMILES string of the molecule is CCOc1ccc(-c2[c-]cc(Br)c(=O)n2CC)c(F)c1.[Y]. The van der Waals surface area contributed by atoms with Gasteiger partial charge in [0.15, 0.2) is 0 Å². The molecule has 6 heteroatoms. The smallest absolute Gasteiger partial charge is 0.208 e. The fourth-order valence-electron chi connectivity index (χ4n) is 1.97. The van der Waals surface area contributed by atoms with Crippen molar-refractivity contribution in [1.82, 2.24) is 4.57 Å². The average Bonchev–Trinajstić information content (AvgIpc) is 2.43. The molecule has 2 aromatic rings. The number of ether oxygens (including phenoxy) is 1. The van der Waals surface area contributed by atoms with Gasteiger partial charge in [-0.3, -0.25) is 4.79 Å². The summed E-state index contributed by atoms with van der Waals surface area (Å²) < 4.78 is 21.3. The number of hydrogen-bond acceptors (Lipinski definition) is 2. The van der Waals surface area contributed by atoms with Crippen molar-refractivity contribution in [1.29, 1.82) is 0 Å². The average molecular weight is 428 g/mol. The quantitative estimate of drug-likeness (QED) is 0.697. The van der Waals surface area contributed by atoms with Crippen molar-refractivity contribution in [2.24, 2.45) is 0 Å². The van der Waals surface area contributed by atoms with Gasteiger partial charge in [-0.1, -0.05) is 11.3 Å². The van der Waals surface area contributed by atoms with Gasteiger partial charge in [0.05, 0.1) is 12.4 Å². The zero-order valence-electron chi connectivity index (χ0n) is 11.8. The van der Waals surface area contributed by atoms with Crippen molar-refractivity contribution >= 4 is 15.9 Å². The van der Waals surface area contributed by atoms with Crippen molar-refractivity contribution in [3.05, 3.63) is 51.0 Å². The van der Waals surface area contributed by atoms with Gasteiger partial charge >= 0.3 is 0 Å². The van der Waals surface area contributed by atoms with Crippen LogP contribution in [0, 0.1) is 11.9 Å². The number of nitrogens with zero attached hydrogens (tertiary/aromatic N) is 1. The molecular formula is C15H14BrFNO2Y-. The van der Waals surface area contributed by atoms with E-state index < -0.39 is 5.82 Å². The molecule has 0 spiro atoms. The van der Waals surface area contributed by atoms with Crippen LogP contribution in [0.5, 0.6) is 5.75 Å². The second-order valence-electron chi connectivity index (χ2n) is 4.11. The van der Waals surface area contributed by atoms with Crippen molar-refractivity contribution < 1.29 is 41.8 Å². The normalized spacial score (nSPS) is 10.1. The maximum absolute atomic E-state index is 14.2.